The number of hydrogen-bond acceptors (Lipinski definition) is 3. The number of fused-ring (bicyclic) bond motifs is 1. The second-order valence-corrected chi connectivity index (χ2v) is 27.1. The summed E-state index contributed by atoms with van der Waals surface area (Å²) in [6.07, 6.45) is 17.8. The van der Waals surface area contributed by atoms with Gasteiger partial charge in [-0.1, -0.05) is 92.7 Å². The Kier molecular flexibility index (Phi) is 10.5. The van der Waals surface area contributed by atoms with Crippen LogP contribution in [0.4, 0.5) is 0 Å². The van der Waals surface area contributed by atoms with Gasteiger partial charge in [0.05, 0.1) is 12.2 Å². The van der Waals surface area contributed by atoms with Gasteiger partial charge in [-0.3, -0.25) is 4.79 Å². The molecule has 0 amide bonds. The Morgan fingerprint density at radius 2 is 1.50 bits per heavy atom. The van der Waals surface area contributed by atoms with Crippen LogP contribution in [0.5, 0.6) is 0 Å². The molecule has 0 radical (unpaired) electrons. The SMILES string of the molecule is C=C1/C(=C\C=C2/CCC[C@@]3(C)C2CCC3C(C)(C)/C=C/C=O)CC(O[Si](C)(C)C(C)(C)C)CC1O[Si](C)(C)C(C)(C)C. The minimum Gasteiger partial charge on any atom is -0.413 e. The van der Waals surface area contributed by atoms with Crippen LogP contribution in [-0.4, -0.2) is 35.1 Å². The minimum absolute atomic E-state index is 0.0111. The molecule has 0 spiro atoms. The lowest BCUT2D eigenvalue weighted by molar-refractivity contribution is -0.104. The molecule has 0 heterocycles. The first kappa shape index (κ1) is 35.5. The summed E-state index contributed by atoms with van der Waals surface area (Å²) < 4.78 is 14.1. The zero-order valence-corrected chi connectivity index (χ0v) is 31.6. The van der Waals surface area contributed by atoms with Crippen molar-refractivity contribution in [2.75, 3.05) is 0 Å². The molecule has 0 N–H and O–H groups in total. The summed E-state index contributed by atoms with van der Waals surface area (Å²) in [5.41, 5.74) is 4.37. The molecule has 5 atom stereocenters. The maximum absolute atomic E-state index is 11.1. The molecule has 42 heavy (non-hydrogen) atoms. The van der Waals surface area contributed by atoms with E-state index in [9.17, 15) is 4.79 Å². The normalized spacial score (nSPS) is 32.2. The summed E-state index contributed by atoms with van der Waals surface area (Å²) in [5.74, 6) is 1.18. The topological polar surface area (TPSA) is 35.5 Å². The lowest BCUT2D eigenvalue weighted by atomic mass is 9.57. The van der Waals surface area contributed by atoms with Crippen molar-refractivity contribution in [3.8, 4) is 0 Å². The molecule has 4 unspecified atom stereocenters. The molecule has 3 aliphatic carbocycles. The summed E-state index contributed by atoms with van der Waals surface area (Å²) >= 11 is 0. The smallest absolute Gasteiger partial charge is 0.192 e. The van der Waals surface area contributed by atoms with Crippen LogP contribution in [0.2, 0.25) is 36.3 Å². The summed E-state index contributed by atoms with van der Waals surface area (Å²) in [6.45, 7) is 35.2. The molecule has 0 aromatic carbocycles. The number of hydrogen-bond donors (Lipinski definition) is 0. The maximum atomic E-state index is 11.1. The summed E-state index contributed by atoms with van der Waals surface area (Å²) in [6, 6.07) is 0. The van der Waals surface area contributed by atoms with E-state index in [1.807, 2.05) is 0 Å². The average Bonchev–Trinajstić information content (AvgIpc) is 3.20. The molecular weight excluding hydrogens is 549 g/mol. The van der Waals surface area contributed by atoms with Gasteiger partial charge in [0.1, 0.15) is 6.29 Å². The fourth-order valence-corrected chi connectivity index (χ4v) is 10.3. The van der Waals surface area contributed by atoms with Crippen LogP contribution < -0.4 is 0 Å². The van der Waals surface area contributed by atoms with Crippen molar-refractivity contribution in [1.82, 2.24) is 0 Å². The highest BCUT2D eigenvalue weighted by Crippen LogP contribution is 2.62. The summed E-state index contributed by atoms with van der Waals surface area (Å²) in [5, 5.41) is 0.315. The zero-order chi connectivity index (χ0) is 31.9. The van der Waals surface area contributed by atoms with Crippen LogP contribution in [-0.2, 0) is 13.6 Å². The molecular formula is C37H64O3Si2. The third-order valence-electron chi connectivity index (χ3n) is 12.2. The molecule has 238 valence electrons. The van der Waals surface area contributed by atoms with Gasteiger partial charge in [0, 0.05) is 6.42 Å². The van der Waals surface area contributed by atoms with Crippen LogP contribution in [0.1, 0.15) is 107 Å². The van der Waals surface area contributed by atoms with E-state index >= 15 is 0 Å². The van der Waals surface area contributed by atoms with Crippen LogP contribution >= 0.6 is 0 Å². The largest absolute Gasteiger partial charge is 0.413 e. The van der Waals surface area contributed by atoms with Gasteiger partial charge in [0.15, 0.2) is 16.6 Å². The molecule has 0 bridgehead atoms. The van der Waals surface area contributed by atoms with E-state index in [0.717, 1.165) is 24.7 Å². The quantitative estimate of drug-likeness (QED) is 0.155. The first-order valence-electron chi connectivity index (χ1n) is 16.6. The van der Waals surface area contributed by atoms with Gasteiger partial charge in [0.25, 0.3) is 0 Å². The number of carbonyl (C=O) groups excluding carboxylic acids is 1. The lowest BCUT2D eigenvalue weighted by Gasteiger charge is -2.47. The standard InChI is InChI=1S/C37H64O3Si2/c1-27-29(19-18-28-17-15-23-37(10)31(28)20-21-33(37)36(8,9)22-16-24-38)25-30(39-41(11,12)34(2,3)4)26-32(27)40-42(13,14)35(5,6)7/h16,18-19,22,24,30-33H,1,15,17,20-21,23,25-26H2,2-14H3/b22-16+,28-18+,29-19-/t30?,31?,32?,33?,37-/m0/s1. The molecule has 3 rings (SSSR count). The highest BCUT2D eigenvalue weighted by Gasteiger charge is 2.53. The van der Waals surface area contributed by atoms with E-state index in [0.29, 0.717) is 11.8 Å². The van der Waals surface area contributed by atoms with E-state index in [1.54, 1.807) is 11.6 Å². The van der Waals surface area contributed by atoms with Gasteiger partial charge in [-0.2, -0.15) is 0 Å². The molecule has 3 nitrogen and oxygen atoms in total. The maximum Gasteiger partial charge on any atom is 0.192 e. The highest BCUT2D eigenvalue weighted by molar-refractivity contribution is 6.74. The first-order valence-corrected chi connectivity index (χ1v) is 22.4. The number of rotatable bonds is 8. The van der Waals surface area contributed by atoms with Crippen LogP contribution in [0.15, 0.2) is 47.6 Å². The average molecular weight is 613 g/mol. The molecule has 3 aliphatic rings. The molecule has 5 heteroatoms. The van der Waals surface area contributed by atoms with Crippen molar-refractivity contribution in [1.29, 1.82) is 0 Å². The fraction of sp³-hybridized carbons (Fsp3) is 0.757. The third-order valence-corrected chi connectivity index (χ3v) is 21.2. The van der Waals surface area contributed by atoms with Gasteiger partial charge < -0.3 is 8.85 Å². The number of carbonyl (C=O) groups is 1. The van der Waals surface area contributed by atoms with Crippen LogP contribution in [0.3, 0.4) is 0 Å². The second-order valence-electron chi connectivity index (χ2n) is 17.6. The monoisotopic (exact) mass is 612 g/mol. The van der Waals surface area contributed by atoms with Crippen LogP contribution in [0.25, 0.3) is 0 Å². The fourth-order valence-electron chi connectivity index (χ4n) is 7.63. The minimum atomic E-state index is -1.98. The summed E-state index contributed by atoms with van der Waals surface area (Å²) in [7, 11) is -3.91. The van der Waals surface area contributed by atoms with E-state index in [-0.39, 0.29) is 33.1 Å². The van der Waals surface area contributed by atoms with Crippen molar-refractivity contribution in [2.24, 2.45) is 22.7 Å². The predicted octanol–water partition coefficient (Wildman–Crippen LogP) is 11.0. The number of aldehydes is 1. The molecule has 0 saturated heterocycles. The first-order chi connectivity index (χ1) is 19.1. The zero-order valence-electron chi connectivity index (χ0n) is 29.6. The van der Waals surface area contributed by atoms with Crippen molar-refractivity contribution in [2.45, 2.75) is 156 Å². The molecule has 3 saturated carbocycles. The van der Waals surface area contributed by atoms with Gasteiger partial charge in [-0.25, -0.2) is 0 Å². The Labute approximate surface area is 261 Å². The van der Waals surface area contributed by atoms with E-state index in [4.69, 9.17) is 8.85 Å². The van der Waals surface area contributed by atoms with Gasteiger partial charge in [0.2, 0.25) is 0 Å². The molecule has 0 aromatic heterocycles. The van der Waals surface area contributed by atoms with E-state index in [2.05, 4.69) is 113 Å². The third kappa shape index (κ3) is 7.43. The Morgan fingerprint density at radius 1 is 0.905 bits per heavy atom. The Hall–Kier alpha value is -1.02. The predicted molar refractivity (Wildman–Crippen MR) is 186 cm³/mol. The van der Waals surface area contributed by atoms with Crippen molar-refractivity contribution in [3.05, 3.63) is 47.6 Å². The molecule has 0 aromatic rings. The highest BCUT2D eigenvalue weighted by atomic mass is 28.4. The number of allylic oxidation sites excluding steroid dienone is 5. The van der Waals surface area contributed by atoms with Crippen molar-refractivity contribution < 1.29 is 13.6 Å². The summed E-state index contributed by atoms with van der Waals surface area (Å²) in [4.78, 5) is 11.1. The van der Waals surface area contributed by atoms with Crippen molar-refractivity contribution in [3.63, 3.8) is 0 Å². The lowest BCUT2D eigenvalue weighted by Crippen LogP contribution is -2.49. The Bertz CT molecular complexity index is 1100. The van der Waals surface area contributed by atoms with Gasteiger partial charge in [-0.05, 0) is 115 Å². The van der Waals surface area contributed by atoms with Gasteiger partial charge in [-0.15, -0.1) is 0 Å². The van der Waals surface area contributed by atoms with Gasteiger partial charge >= 0.3 is 0 Å². The Balaban J connectivity index is 1.95. The molecule has 0 aliphatic heterocycles. The van der Waals surface area contributed by atoms with Crippen molar-refractivity contribution >= 4 is 22.9 Å². The van der Waals surface area contributed by atoms with Crippen LogP contribution in [0, 0.1) is 22.7 Å². The van der Waals surface area contributed by atoms with E-state index < -0.39 is 16.6 Å². The molecule has 3 fully saturated rings. The van der Waals surface area contributed by atoms with E-state index in [1.165, 1.54) is 37.7 Å². The Morgan fingerprint density at radius 3 is 2.07 bits per heavy atom. The second kappa shape index (κ2) is 12.4.